The lowest BCUT2D eigenvalue weighted by Crippen LogP contribution is -2.33. The molecule has 3 atom stereocenters. The fourth-order valence-electron chi connectivity index (χ4n) is 4.12. The van der Waals surface area contributed by atoms with Crippen LogP contribution in [0.3, 0.4) is 0 Å². The Labute approximate surface area is 144 Å². The van der Waals surface area contributed by atoms with Crippen molar-refractivity contribution in [1.82, 2.24) is 25.1 Å². The molecule has 2 aliphatic heterocycles. The Hall–Kier alpha value is -1.66. The second kappa shape index (κ2) is 7.49. The Balaban J connectivity index is 1.61. The van der Waals surface area contributed by atoms with Crippen LogP contribution in [-0.4, -0.2) is 57.2 Å². The van der Waals surface area contributed by atoms with Crippen LogP contribution in [0.5, 0.6) is 0 Å². The van der Waals surface area contributed by atoms with Crippen molar-refractivity contribution in [3.8, 4) is 0 Å². The number of hydrogen-bond acceptors (Lipinski definition) is 5. The zero-order valence-corrected chi connectivity index (χ0v) is 15.2. The standard InChI is InChI=1S/C17H30N6O/c1-4-6-7-14(5-2)8-23-17(18-19-20-23)22-11-15-9-21(13(3)24)10-16(15)12-22/h14-16H,4-12H2,1-3H3/t14?,15-,16+. The van der Waals surface area contributed by atoms with Gasteiger partial charge in [-0.15, -0.1) is 0 Å². The molecule has 0 N–H and O–H groups in total. The van der Waals surface area contributed by atoms with E-state index >= 15 is 0 Å². The van der Waals surface area contributed by atoms with Gasteiger partial charge in [0.1, 0.15) is 0 Å². The van der Waals surface area contributed by atoms with Gasteiger partial charge in [-0.3, -0.25) is 4.79 Å². The van der Waals surface area contributed by atoms with Crippen molar-refractivity contribution in [2.45, 2.75) is 53.0 Å². The fraction of sp³-hybridized carbons (Fsp3) is 0.882. The summed E-state index contributed by atoms with van der Waals surface area (Å²) in [5.41, 5.74) is 0. The van der Waals surface area contributed by atoms with Gasteiger partial charge < -0.3 is 9.80 Å². The van der Waals surface area contributed by atoms with Gasteiger partial charge in [0.05, 0.1) is 0 Å². The van der Waals surface area contributed by atoms with Crippen molar-refractivity contribution in [2.75, 3.05) is 31.1 Å². The van der Waals surface area contributed by atoms with Crippen LogP contribution in [0.1, 0.15) is 46.5 Å². The Bertz CT molecular complexity index is 545. The minimum Gasteiger partial charge on any atom is -0.342 e. The number of hydrogen-bond donors (Lipinski definition) is 0. The molecule has 2 aliphatic rings. The summed E-state index contributed by atoms with van der Waals surface area (Å²) in [7, 11) is 0. The normalized spacial score (nSPS) is 24.5. The molecule has 0 spiro atoms. The minimum absolute atomic E-state index is 0.197. The summed E-state index contributed by atoms with van der Waals surface area (Å²) < 4.78 is 1.99. The van der Waals surface area contributed by atoms with Gasteiger partial charge in [-0.1, -0.05) is 38.2 Å². The molecule has 3 heterocycles. The Kier molecular flexibility index (Phi) is 5.36. The summed E-state index contributed by atoms with van der Waals surface area (Å²) in [5, 5.41) is 12.5. The number of aromatic nitrogens is 4. The highest BCUT2D eigenvalue weighted by Gasteiger charge is 2.42. The van der Waals surface area contributed by atoms with Gasteiger partial charge in [0.25, 0.3) is 0 Å². The van der Waals surface area contributed by atoms with Crippen molar-refractivity contribution >= 4 is 11.9 Å². The van der Waals surface area contributed by atoms with Crippen LogP contribution in [0.25, 0.3) is 0 Å². The van der Waals surface area contributed by atoms with Gasteiger partial charge in [-0.2, -0.15) is 0 Å². The van der Waals surface area contributed by atoms with Crippen molar-refractivity contribution in [2.24, 2.45) is 17.8 Å². The molecule has 1 aromatic heterocycles. The fourth-order valence-corrected chi connectivity index (χ4v) is 4.12. The maximum atomic E-state index is 11.6. The Morgan fingerprint density at radius 2 is 1.92 bits per heavy atom. The third-order valence-corrected chi connectivity index (χ3v) is 5.70. The topological polar surface area (TPSA) is 67.2 Å². The quantitative estimate of drug-likeness (QED) is 0.761. The molecule has 0 bridgehead atoms. The van der Waals surface area contributed by atoms with Crippen LogP contribution in [-0.2, 0) is 11.3 Å². The molecule has 134 valence electrons. The van der Waals surface area contributed by atoms with E-state index in [4.69, 9.17) is 0 Å². The zero-order valence-electron chi connectivity index (χ0n) is 15.2. The molecule has 7 nitrogen and oxygen atoms in total. The number of likely N-dealkylation sites (tertiary alicyclic amines) is 1. The van der Waals surface area contributed by atoms with Crippen LogP contribution in [0.2, 0.25) is 0 Å². The predicted molar refractivity (Wildman–Crippen MR) is 92.6 cm³/mol. The van der Waals surface area contributed by atoms with Crippen LogP contribution in [0.15, 0.2) is 0 Å². The molecular weight excluding hydrogens is 304 g/mol. The summed E-state index contributed by atoms with van der Waals surface area (Å²) in [4.78, 5) is 15.9. The Morgan fingerprint density at radius 1 is 1.21 bits per heavy atom. The van der Waals surface area contributed by atoms with E-state index in [-0.39, 0.29) is 5.91 Å². The first-order chi connectivity index (χ1) is 11.6. The van der Waals surface area contributed by atoms with E-state index in [2.05, 4.69) is 34.3 Å². The van der Waals surface area contributed by atoms with E-state index in [1.54, 1.807) is 6.92 Å². The minimum atomic E-state index is 0.197. The highest BCUT2D eigenvalue weighted by atomic mass is 16.2. The van der Waals surface area contributed by atoms with Crippen molar-refractivity contribution in [3.05, 3.63) is 0 Å². The monoisotopic (exact) mass is 334 g/mol. The van der Waals surface area contributed by atoms with Crippen molar-refractivity contribution in [1.29, 1.82) is 0 Å². The van der Waals surface area contributed by atoms with E-state index in [1.807, 2.05) is 9.58 Å². The second-order valence-electron chi connectivity index (χ2n) is 7.43. The van der Waals surface area contributed by atoms with E-state index in [1.165, 1.54) is 19.3 Å². The third-order valence-electron chi connectivity index (χ3n) is 5.70. The number of tetrazole rings is 1. The third kappa shape index (κ3) is 3.54. The molecule has 7 heteroatoms. The molecule has 24 heavy (non-hydrogen) atoms. The smallest absolute Gasteiger partial charge is 0.245 e. The van der Waals surface area contributed by atoms with E-state index < -0.39 is 0 Å². The average Bonchev–Trinajstić information content (AvgIpc) is 3.24. The number of nitrogens with zero attached hydrogens (tertiary/aromatic N) is 6. The lowest BCUT2D eigenvalue weighted by atomic mass is 9.99. The van der Waals surface area contributed by atoms with Crippen LogP contribution in [0, 0.1) is 17.8 Å². The number of carbonyl (C=O) groups is 1. The molecule has 0 aromatic carbocycles. The van der Waals surface area contributed by atoms with Gasteiger partial charge in [0.2, 0.25) is 11.9 Å². The number of amides is 1. The molecule has 1 amide bonds. The molecule has 0 aliphatic carbocycles. The largest absolute Gasteiger partial charge is 0.342 e. The van der Waals surface area contributed by atoms with Gasteiger partial charge in [-0.05, 0) is 22.8 Å². The summed E-state index contributed by atoms with van der Waals surface area (Å²) >= 11 is 0. The SMILES string of the molecule is CCCCC(CC)Cn1nnnc1N1C[C@H]2CN(C(C)=O)C[C@H]2C1. The number of fused-ring (bicyclic) bond motifs is 1. The zero-order chi connectivity index (χ0) is 17.1. The average molecular weight is 334 g/mol. The van der Waals surface area contributed by atoms with Crippen LogP contribution < -0.4 is 4.90 Å². The first-order valence-electron chi connectivity index (χ1n) is 9.38. The maximum absolute atomic E-state index is 11.6. The predicted octanol–water partition coefficient (Wildman–Crippen LogP) is 1.80. The summed E-state index contributed by atoms with van der Waals surface area (Å²) in [6.45, 7) is 10.7. The van der Waals surface area contributed by atoms with E-state index in [0.717, 1.165) is 45.1 Å². The Morgan fingerprint density at radius 3 is 2.50 bits per heavy atom. The molecule has 2 fully saturated rings. The summed E-state index contributed by atoms with van der Waals surface area (Å²) in [6.07, 6.45) is 4.91. The van der Waals surface area contributed by atoms with Crippen molar-refractivity contribution in [3.63, 3.8) is 0 Å². The maximum Gasteiger partial charge on any atom is 0.245 e. The van der Waals surface area contributed by atoms with Crippen LogP contribution >= 0.6 is 0 Å². The van der Waals surface area contributed by atoms with E-state index in [0.29, 0.717) is 17.8 Å². The summed E-state index contributed by atoms with van der Waals surface area (Å²) in [5.74, 6) is 2.86. The molecule has 1 unspecified atom stereocenters. The van der Waals surface area contributed by atoms with Gasteiger partial charge in [0.15, 0.2) is 0 Å². The number of anilines is 1. The lowest BCUT2D eigenvalue weighted by Gasteiger charge is -2.22. The van der Waals surface area contributed by atoms with Gasteiger partial charge in [-0.25, -0.2) is 4.68 Å². The molecule has 3 rings (SSSR count). The second-order valence-corrected chi connectivity index (χ2v) is 7.43. The molecule has 0 saturated carbocycles. The molecule has 1 aromatic rings. The molecule has 2 saturated heterocycles. The number of rotatable bonds is 7. The van der Waals surface area contributed by atoms with Gasteiger partial charge >= 0.3 is 0 Å². The first kappa shape index (κ1) is 17.2. The number of carbonyl (C=O) groups excluding carboxylic acids is 1. The van der Waals surface area contributed by atoms with E-state index in [9.17, 15) is 4.79 Å². The van der Waals surface area contributed by atoms with Crippen molar-refractivity contribution < 1.29 is 4.79 Å². The first-order valence-corrected chi connectivity index (χ1v) is 9.38. The summed E-state index contributed by atoms with van der Waals surface area (Å²) in [6, 6.07) is 0. The highest BCUT2D eigenvalue weighted by Crippen LogP contribution is 2.33. The molecule has 0 radical (unpaired) electrons. The van der Waals surface area contributed by atoms with Crippen LogP contribution in [0.4, 0.5) is 5.95 Å². The highest BCUT2D eigenvalue weighted by molar-refractivity contribution is 5.73. The van der Waals surface area contributed by atoms with Gasteiger partial charge in [0, 0.05) is 51.5 Å². The lowest BCUT2D eigenvalue weighted by molar-refractivity contribution is -0.128. The molecular formula is C17H30N6O. The number of unbranched alkanes of at least 4 members (excludes halogenated alkanes) is 1.